The Morgan fingerprint density at radius 1 is 0.962 bits per heavy atom. The van der Waals surface area contributed by atoms with Gasteiger partial charge in [-0.2, -0.15) is 0 Å². The lowest BCUT2D eigenvalue weighted by molar-refractivity contribution is 0.0953. The van der Waals surface area contributed by atoms with Gasteiger partial charge in [0.1, 0.15) is 0 Å². The van der Waals surface area contributed by atoms with Crippen molar-refractivity contribution < 1.29 is 4.79 Å². The Balaban J connectivity index is 1.47. The lowest BCUT2D eigenvalue weighted by atomic mass is 10.0. The van der Waals surface area contributed by atoms with Gasteiger partial charge in [-0.15, -0.1) is 0 Å². The molecule has 0 aliphatic carbocycles. The molecule has 0 atom stereocenters. The molecular formula is C20H21N5O. The minimum Gasteiger partial charge on any atom is -0.368 e. The number of carbonyl (C=O) groups excluding carboxylic acids is 1. The molecule has 0 saturated carbocycles. The average Bonchev–Trinajstić information content (AvgIpc) is 2.67. The third-order valence-corrected chi connectivity index (χ3v) is 4.06. The molecule has 6 nitrogen and oxygen atoms in total. The molecule has 0 aliphatic rings. The van der Waals surface area contributed by atoms with E-state index < -0.39 is 0 Å². The predicted octanol–water partition coefficient (Wildman–Crippen LogP) is 2.79. The Hall–Kier alpha value is -3.28. The van der Waals surface area contributed by atoms with E-state index >= 15 is 0 Å². The van der Waals surface area contributed by atoms with Crippen molar-refractivity contribution >= 4 is 11.9 Å². The number of pyridine rings is 1. The molecule has 2 aromatic heterocycles. The van der Waals surface area contributed by atoms with Crippen LogP contribution in [-0.4, -0.2) is 27.4 Å². The van der Waals surface area contributed by atoms with Gasteiger partial charge in [0.15, 0.2) is 0 Å². The highest BCUT2D eigenvalue weighted by molar-refractivity contribution is 5.93. The fourth-order valence-electron chi connectivity index (χ4n) is 2.55. The lowest BCUT2D eigenvalue weighted by Crippen LogP contribution is -2.24. The van der Waals surface area contributed by atoms with E-state index in [1.807, 2.05) is 25.1 Å². The summed E-state index contributed by atoms with van der Waals surface area (Å²) in [6.07, 6.45) is 6.80. The predicted molar refractivity (Wildman–Crippen MR) is 102 cm³/mol. The van der Waals surface area contributed by atoms with E-state index in [9.17, 15) is 4.79 Å². The number of nitrogens with one attached hydrogen (secondary N) is 1. The third-order valence-electron chi connectivity index (χ3n) is 4.06. The van der Waals surface area contributed by atoms with Crippen molar-refractivity contribution in [3.63, 3.8) is 0 Å². The number of nitrogen functional groups attached to an aromatic ring is 1. The quantitative estimate of drug-likeness (QED) is 0.669. The smallest absolute Gasteiger partial charge is 0.252 e. The highest BCUT2D eigenvalue weighted by atomic mass is 16.1. The average molecular weight is 347 g/mol. The summed E-state index contributed by atoms with van der Waals surface area (Å²) < 4.78 is 0. The Labute approximate surface area is 152 Å². The summed E-state index contributed by atoms with van der Waals surface area (Å²) in [5, 5.41) is 2.92. The Kier molecular flexibility index (Phi) is 5.53. The number of aromatic nitrogens is 3. The van der Waals surface area contributed by atoms with Crippen molar-refractivity contribution in [3.05, 3.63) is 71.8 Å². The van der Waals surface area contributed by atoms with Gasteiger partial charge in [-0.05, 0) is 43.0 Å². The molecule has 0 bridgehead atoms. The molecule has 2 heterocycles. The molecule has 26 heavy (non-hydrogen) atoms. The lowest BCUT2D eigenvalue weighted by Gasteiger charge is -2.07. The van der Waals surface area contributed by atoms with E-state index in [2.05, 4.69) is 32.4 Å². The van der Waals surface area contributed by atoms with Gasteiger partial charge in [0.25, 0.3) is 5.91 Å². The normalized spacial score (nSPS) is 10.5. The Morgan fingerprint density at radius 3 is 2.35 bits per heavy atom. The summed E-state index contributed by atoms with van der Waals surface area (Å²) in [4.78, 5) is 24.2. The molecule has 6 heteroatoms. The summed E-state index contributed by atoms with van der Waals surface area (Å²) in [5.41, 5.74) is 10.2. The molecule has 3 rings (SSSR count). The van der Waals surface area contributed by atoms with Gasteiger partial charge in [-0.1, -0.05) is 24.3 Å². The summed E-state index contributed by atoms with van der Waals surface area (Å²) >= 11 is 0. The monoisotopic (exact) mass is 347 g/mol. The standard InChI is InChI=1S/C20H21N5O/c1-14-4-7-17(11-23-14)19(26)22-10-2-3-15-5-8-16(9-6-15)18-12-24-20(21)25-13-18/h4-9,11-13H,2-3,10H2,1H3,(H,22,26)(H2,21,24,25). The van der Waals surface area contributed by atoms with Crippen molar-refractivity contribution in [1.29, 1.82) is 0 Å². The van der Waals surface area contributed by atoms with Crippen LogP contribution in [0.3, 0.4) is 0 Å². The molecule has 0 saturated heterocycles. The number of amides is 1. The van der Waals surface area contributed by atoms with Crippen LogP contribution in [0, 0.1) is 6.92 Å². The maximum atomic E-state index is 12.0. The zero-order valence-electron chi connectivity index (χ0n) is 14.6. The second-order valence-corrected chi connectivity index (χ2v) is 6.07. The molecule has 1 amide bonds. The third kappa shape index (κ3) is 4.63. The highest BCUT2D eigenvalue weighted by Crippen LogP contribution is 2.18. The van der Waals surface area contributed by atoms with Gasteiger partial charge in [0, 0.05) is 36.4 Å². The Morgan fingerprint density at radius 2 is 1.69 bits per heavy atom. The zero-order chi connectivity index (χ0) is 18.4. The second-order valence-electron chi connectivity index (χ2n) is 6.07. The number of aryl methyl sites for hydroxylation is 2. The first-order valence-electron chi connectivity index (χ1n) is 8.49. The van der Waals surface area contributed by atoms with Crippen molar-refractivity contribution in [2.45, 2.75) is 19.8 Å². The Bertz CT molecular complexity index is 858. The first-order valence-corrected chi connectivity index (χ1v) is 8.49. The molecule has 0 radical (unpaired) electrons. The molecule has 0 spiro atoms. The zero-order valence-corrected chi connectivity index (χ0v) is 14.6. The van der Waals surface area contributed by atoms with Crippen LogP contribution in [0.15, 0.2) is 55.0 Å². The van der Waals surface area contributed by atoms with Crippen LogP contribution >= 0.6 is 0 Å². The largest absolute Gasteiger partial charge is 0.368 e. The van der Waals surface area contributed by atoms with Gasteiger partial charge >= 0.3 is 0 Å². The van der Waals surface area contributed by atoms with Crippen LogP contribution in [0.2, 0.25) is 0 Å². The molecule has 3 aromatic rings. The van der Waals surface area contributed by atoms with E-state index in [-0.39, 0.29) is 11.9 Å². The molecule has 132 valence electrons. The van der Waals surface area contributed by atoms with Crippen LogP contribution in [0.1, 0.15) is 28.0 Å². The van der Waals surface area contributed by atoms with Gasteiger partial charge in [-0.25, -0.2) is 9.97 Å². The van der Waals surface area contributed by atoms with Crippen molar-refractivity contribution in [2.75, 3.05) is 12.3 Å². The molecule has 0 fully saturated rings. The number of nitrogens with zero attached hydrogens (tertiary/aromatic N) is 3. The van der Waals surface area contributed by atoms with E-state index in [1.165, 1.54) is 5.56 Å². The number of hydrogen-bond acceptors (Lipinski definition) is 5. The summed E-state index contributed by atoms with van der Waals surface area (Å²) in [6, 6.07) is 11.9. The maximum Gasteiger partial charge on any atom is 0.252 e. The number of nitrogens with two attached hydrogens (primary N) is 1. The minimum absolute atomic E-state index is 0.0869. The second kappa shape index (κ2) is 8.20. The molecular weight excluding hydrogens is 326 g/mol. The SMILES string of the molecule is Cc1ccc(C(=O)NCCCc2ccc(-c3cnc(N)nc3)cc2)cn1. The summed E-state index contributed by atoms with van der Waals surface area (Å²) in [6.45, 7) is 2.52. The van der Waals surface area contributed by atoms with Gasteiger partial charge in [0.05, 0.1) is 5.56 Å². The number of benzene rings is 1. The van der Waals surface area contributed by atoms with Crippen LogP contribution in [0.4, 0.5) is 5.95 Å². The number of anilines is 1. The summed E-state index contributed by atoms with van der Waals surface area (Å²) in [7, 11) is 0. The molecule has 0 aliphatic heterocycles. The maximum absolute atomic E-state index is 12.0. The van der Waals surface area contributed by atoms with E-state index in [0.717, 1.165) is 29.7 Å². The van der Waals surface area contributed by atoms with E-state index in [0.29, 0.717) is 12.1 Å². The number of hydrogen-bond donors (Lipinski definition) is 2. The molecule has 1 aromatic carbocycles. The number of carbonyl (C=O) groups is 1. The van der Waals surface area contributed by atoms with Crippen molar-refractivity contribution in [3.8, 4) is 11.1 Å². The fraction of sp³-hybridized carbons (Fsp3) is 0.200. The molecule has 3 N–H and O–H groups in total. The first-order chi connectivity index (χ1) is 12.6. The van der Waals surface area contributed by atoms with Crippen LogP contribution < -0.4 is 11.1 Å². The van der Waals surface area contributed by atoms with Crippen molar-refractivity contribution in [1.82, 2.24) is 20.3 Å². The van der Waals surface area contributed by atoms with Crippen molar-refractivity contribution in [2.24, 2.45) is 0 Å². The summed E-state index contributed by atoms with van der Waals surface area (Å²) in [5.74, 6) is 0.185. The fourth-order valence-corrected chi connectivity index (χ4v) is 2.55. The topological polar surface area (TPSA) is 93.8 Å². The van der Waals surface area contributed by atoms with Crippen LogP contribution in [0.5, 0.6) is 0 Å². The first kappa shape index (κ1) is 17.5. The van der Waals surface area contributed by atoms with Gasteiger partial charge < -0.3 is 11.1 Å². The highest BCUT2D eigenvalue weighted by Gasteiger charge is 2.05. The minimum atomic E-state index is -0.0869. The van der Waals surface area contributed by atoms with E-state index in [1.54, 1.807) is 24.7 Å². The molecule has 0 unspecified atom stereocenters. The van der Waals surface area contributed by atoms with Gasteiger partial charge in [0.2, 0.25) is 5.95 Å². The van der Waals surface area contributed by atoms with Crippen LogP contribution in [-0.2, 0) is 6.42 Å². The van der Waals surface area contributed by atoms with E-state index in [4.69, 9.17) is 5.73 Å². The van der Waals surface area contributed by atoms with Crippen LogP contribution in [0.25, 0.3) is 11.1 Å². The van der Waals surface area contributed by atoms with Gasteiger partial charge in [-0.3, -0.25) is 9.78 Å². The number of rotatable bonds is 6.